The lowest BCUT2D eigenvalue weighted by Gasteiger charge is -2.32. The Bertz CT molecular complexity index is 448. The van der Waals surface area contributed by atoms with Gasteiger partial charge in [-0.1, -0.05) is 0 Å². The molecule has 1 fully saturated rings. The van der Waals surface area contributed by atoms with E-state index >= 15 is 0 Å². The lowest BCUT2D eigenvalue weighted by Crippen LogP contribution is -2.48. The van der Waals surface area contributed by atoms with E-state index in [0.717, 1.165) is 11.4 Å². The number of ether oxygens (including phenoxy) is 1. The van der Waals surface area contributed by atoms with Gasteiger partial charge >= 0.3 is 0 Å². The Morgan fingerprint density at radius 1 is 1.56 bits per heavy atom. The van der Waals surface area contributed by atoms with Gasteiger partial charge < -0.3 is 15.4 Å². The van der Waals surface area contributed by atoms with Crippen molar-refractivity contribution in [2.75, 3.05) is 26.2 Å². The number of pyridine rings is 1. The number of aryl methyl sites for hydroxylation is 2. The van der Waals surface area contributed by atoms with Crippen molar-refractivity contribution >= 4 is 5.91 Å². The van der Waals surface area contributed by atoms with Gasteiger partial charge in [-0.15, -0.1) is 0 Å². The molecule has 0 aromatic carbocycles. The highest BCUT2D eigenvalue weighted by atomic mass is 16.5. The van der Waals surface area contributed by atoms with Crippen LogP contribution in [0, 0.1) is 13.8 Å². The first-order valence-corrected chi connectivity index (χ1v) is 6.17. The highest BCUT2D eigenvalue weighted by Crippen LogP contribution is 2.13. The van der Waals surface area contributed by atoms with Crippen LogP contribution in [0.5, 0.6) is 0 Å². The van der Waals surface area contributed by atoms with Crippen molar-refractivity contribution in [3.05, 3.63) is 29.1 Å². The van der Waals surface area contributed by atoms with Crippen LogP contribution in [0.1, 0.15) is 21.7 Å². The van der Waals surface area contributed by atoms with Gasteiger partial charge in [0.05, 0.1) is 24.0 Å². The standard InChI is InChI=1S/C13H19N3O2/c1-9-3-4-12(10(2)15-9)13(17)16-5-6-18-11(7-14)8-16/h3-4,11H,5-8,14H2,1-2H3. The topological polar surface area (TPSA) is 68.5 Å². The van der Waals surface area contributed by atoms with E-state index in [1.54, 1.807) is 4.90 Å². The maximum Gasteiger partial charge on any atom is 0.255 e. The van der Waals surface area contributed by atoms with Crippen LogP contribution >= 0.6 is 0 Å². The molecule has 1 aromatic rings. The number of amides is 1. The highest BCUT2D eigenvalue weighted by Gasteiger charge is 2.25. The molecule has 0 saturated carbocycles. The summed E-state index contributed by atoms with van der Waals surface area (Å²) in [4.78, 5) is 18.5. The first kappa shape index (κ1) is 13.0. The number of carbonyl (C=O) groups excluding carboxylic acids is 1. The Hall–Kier alpha value is -1.46. The molecule has 2 heterocycles. The molecular weight excluding hydrogens is 230 g/mol. The Kier molecular flexibility index (Phi) is 3.93. The van der Waals surface area contributed by atoms with Crippen molar-refractivity contribution in [1.82, 2.24) is 9.88 Å². The molecule has 98 valence electrons. The summed E-state index contributed by atoms with van der Waals surface area (Å²) in [6.45, 7) is 5.94. The summed E-state index contributed by atoms with van der Waals surface area (Å²) in [5.41, 5.74) is 7.94. The van der Waals surface area contributed by atoms with Gasteiger partial charge in [0.15, 0.2) is 0 Å². The molecule has 5 nitrogen and oxygen atoms in total. The molecule has 0 radical (unpaired) electrons. The van der Waals surface area contributed by atoms with Gasteiger partial charge in [0.25, 0.3) is 5.91 Å². The molecule has 2 rings (SSSR count). The van der Waals surface area contributed by atoms with Crippen molar-refractivity contribution in [2.24, 2.45) is 5.73 Å². The van der Waals surface area contributed by atoms with Crippen molar-refractivity contribution in [3.8, 4) is 0 Å². The van der Waals surface area contributed by atoms with Crippen LogP contribution < -0.4 is 5.73 Å². The van der Waals surface area contributed by atoms with Crippen LogP contribution in [0.2, 0.25) is 0 Å². The Morgan fingerprint density at radius 3 is 3.00 bits per heavy atom. The number of carbonyl (C=O) groups is 1. The Balaban J connectivity index is 2.15. The fraction of sp³-hybridized carbons (Fsp3) is 0.538. The van der Waals surface area contributed by atoms with Gasteiger partial charge in [-0.25, -0.2) is 0 Å². The monoisotopic (exact) mass is 249 g/mol. The van der Waals surface area contributed by atoms with Crippen LogP contribution in [0.15, 0.2) is 12.1 Å². The quantitative estimate of drug-likeness (QED) is 0.828. The van der Waals surface area contributed by atoms with Gasteiger partial charge in [0.2, 0.25) is 0 Å². The van der Waals surface area contributed by atoms with Crippen molar-refractivity contribution in [2.45, 2.75) is 20.0 Å². The molecule has 5 heteroatoms. The molecule has 1 unspecified atom stereocenters. The first-order chi connectivity index (χ1) is 8.61. The molecule has 1 aliphatic rings. The second-order valence-electron chi connectivity index (χ2n) is 4.57. The largest absolute Gasteiger partial charge is 0.373 e. The van der Waals surface area contributed by atoms with Crippen molar-refractivity contribution < 1.29 is 9.53 Å². The predicted molar refractivity (Wildman–Crippen MR) is 68.4 cm³/mol. The smallest absolute Gasteiger partial charge is 0.255 e. The minimum absolute atomic E-state index is 0.0155. The first-order valence-electron chi connectivity index (χ1n) is 6.17. The molecule has 0 spiro atoms. The summed E-state index contributed by atoms with van der Waals surface area (Å²) in [5.74, 6) is 0.0155. The lowest BCUT2D eigenvalue weighted by molar-refractivity contribution is -0.0168. The summed E-state index contributed by atoms with van der Waals surface area (Å²) in [5, 5.41) is 0. The van der Waals surface area contributed by atoms with Gasteiger partial charge in [-0.3, -0.25) is 9.78 Å². The molecular formula is C13H19N3O2. The molecule has 1 aliphatic heterocycles. The van der Waals surface area contributed by atoms with Gasteiger partial charge in [-0.2, -0.15) is 0 Å². The maximum absolute atomic E-state index is 12.4. The van der Waals surface area contributed by atoms with E-state index in [1.807, 2.05) is 26.0 Å². The number of nitrogens with zero attached hydrogens (tertiary/aromatic N) is 2. The third-order valence-electron chi connectivity index (χ3n) is 3.14. The van der Waals surface area contributed by atoms with E-state index < -0.39 is 0 Å². The minimum Gasteiger partial charge on any atom is -0.373 e. The van der Waals surface area contributed by atoms with E-state index in [0.29, 0.717) is 31.8 Å². The van der Waals surface area contributed by atoms with E-state index in [9.17, 15) is 4.79 Å². The summed E-state index contributed by atoms with van der Waals surface area (Å²) in [6.07, 6.45) is -0.0542. The van der Waals surface area contributed by atoms with Crippen LogP contribution in [0.25, 0.3) is 0 Å². The average molecular weight is 249 g/mol. The van der Waals surface area contributed by atoms with Gasteiger partial charge in [-0.05, 0) is 26.0 Å². The summed E-state index contributed by atoms with van der Waals surface area (Å²) >= 11 is 0. The van der Waals surface area contributed by atoms with Crippen LogP contribution in [0.4, 0.5) is 0 Å². The minimum atomic E-state index is -0.0542. The molecule has 1 atom stereocenters. The molecule has 2 N–H and O–H groups in total. The van der Waals surface area contributed by atoms with Gasteiger partial charge in [0, 0.05) is 25.3 Å². The van der Waals surface area contributed by atoms with Crippen LogP contribution in [-0.4, -0.2) is 48.1 Å². The number of morpholine rings is 1. The molecule has 1 aromatic heterocycles. The normalized spacial score (nSPS) is 19.9. The van der Waals surface area contributed by atoms with E-state index in [1.165, 1.54) is 0 Å². The van der Waals surface area contributed by atoms with Crippen molar-refractivity contribution in [1.29, 1.82) is 0 Å². The van der Waals surface area contributed by atoms with Gasteiger partial charge in [0.1, 0.15) is 0 Å². The molecule has 1 amide bonds. The molecule has 1 saturated heterocycles. The number of rotatable bonds is 2. The highest BCUT2D eigenvalue weighted by molar-refractivity contribution is 5.95. The molecule has 0 bridgehead atoms. The zero-order valence-electron chi connectivity index (χ0n) is 10.8. The number of aromatic nitrogens is 1. The average Bonchev–Trinajstić information content (AvgIpc) is 2.38. The SMILES string of the molecule is Cc1ccc(C(=O)N2CCOC(CN)C2)c(C)n1. The third kappa shape index (κ3) is 2.68. The second-order valence-corrected chi connectivity index (χ2v) is 4.57. The third-order valence-corrected chi connectivity index (χ3v) is 3.14. The Morgan fingerprint density at radius 2 is 2.33 bits per heavy atom. The molecule has 0 aliphatic carbocycles. The number of nitrogens with two attached hydrogens (primary N) is 1. The second kappa shape index (κ2) is 5.46. The number of hydrogen-bond acceptors (Lipinski definition) is 4. The lowest BCUT2D eigenvalue weighted by atomic mass is 10.1. The van der Waals surface area contributed by atoms with E-state index in [-0.39, 0.29) is 12.0 Å². The van der Waals surface area contributed by atoms with Crippen LogP contribution in [0.3, 0.4) is 0 Å². The summed E-state index contributed by atoms with van der Waals surface area (Å²) in [7, 11) is 0. The van der Waals surface area contributed by atoms with Crippen LogP contribution in [-0.2, 0) is 4.74 Å². The maximum atomic E-state index is 12.4. The molecule has 18 heavy (non-hydrogen) atoms. The van der Waals surface area contributed by atoms with Crippen molar-refractivity contribution in [3.63, 3.8) is 0 Å². The zero-order valence-corrected chi connectivity index (χ0v) is 10.8. The fourth-order valence-corrected chi connectivity index (χ4v) is 2.13. The summed E-state index contributed by atoms with van der Waals surface area (Å²) in [6, 6.07) is 3.70. The zero-order chi connectivity index (χ0) is 13.1. The van der Waals surface area contributed by atoms with E-state index in [2.05, 4.69) is 4.98 Å². The summed E-state index contributed by atoms with van der Waals surface area (Å²) < 4.78 is 5.46. The number of hydrogen-bond donors (Lipinski definition) is 1. The van der Waals surface area contributed by atoms with E-state index in [4.69, 9.17) is 10.5 Å². The Labute approximate surface area is 107 Å². The predicted octanol–water partition coefficient (Wildman–Crippen LogP) is 0.498. The fourth-order valence-electron chi connectivity index (χ4n) is 2.13.